The summed E-state index contributed by atoms with van der Waals surface area (Å²) in [5, 5.41) is 38.0. The third-order valence-corrected chi connectivity index (χ3v) is 5.90. The predicted octanol–water partition coefficient (Wildman–Crippen LogP) is 3.09. The van der Waals surface area contributed by atoms with Gasteiger partial charge in [0.1, 0.15) is 36.7 Å². The molecule has 0 bridgehead atoms. The van der Waals surface area contributed by atoms with Crippen molar-refractivity contribution in [3.63, 3.8) is 0 Å². The molecule has 0 spiro atoms. The Bertz CT molecular complexity index is 1160. The van der Waals surface area contributed by atoms with Crippen LogP contribution in [0.5, 0.6) is 11.5 Å². The third-order valence-electron chi connectivity index (χ3n) is 4.97. The Kier molecular flexibility index (Phi) is 10.3. The zero-order valence-electron chi connectivity index (χ0n) is 19.6. The lowest BCUT2D eigenvalue weighted by molar-refractivity contribution is -0.130. The van der Waals surface area contributed by atoms with E-state index < -0.39 is 12.0 Å². The van der Waals surface area contributed by atoms with Gasteiger partial charge in [0.05, 0.1) is 28.3 Å². The number of anilines is 2. The monoisotopic (exact) mass is 533 g/mol. The highest BCUT2D eigenvalue weighted by Crippen LogP contribution is 2.31. The van der Waals surface area contributed by atoms with Gasteiger partial charge in [-0.3, -0.25) is 10.2 Å². The Morgan fingerprint density at radius 2 is 2.08 bits per heavy atom. The average molecular weight is 534 g/mol. The number of carbonyl (C=O) groups is 1. The highest BCUT2D eigenvalue weighted by atomic mass is 35.5. The predicted molar refractivity (Wildman–Crippen MR) is 141 cm³/mol. The molecule has 0 radical (unpaired) electrons. The molecular formula is C24H28ClN5O5S. The number of amides is 1. The zero-order valence-corrected chi connectivity index (χ0v) is 21.2. The van der Waals surface area contributed by atoms with Crippen molar-refractivity contribution in [2.45, 2.75) is 19.1 Å². The second-order valence-electron chi connectivity index (χ2n) is 7.51. The number of aromatic nitrogens is 1. The van der Waals surface area contributed by atoms with E-state index in [4.69, 9.17) is 31.6 Å². The molecule has 1 atom stereocenters. The van der Waals surface area contributed by atoms with Crippen LogP contribution in [0.25, 0.3) is 0 Å². The lowest BCUT2D eigenvalue weighted by Gasteiger charge is -2.18. The summed E-state index contributed by atoms with van der Waals surface area (Å²) < 4.78 is 11.5. The van der Waals surface area contributed by atoms with Crippen molar-refractivity contribution in [2.75, 3.05) is 37.4 Å². The van der Waals surface area contributed by atoms with Gasteiger partial charge in [0.25, 0.3) is 0 Å². The van der Waals surface area contributed by atoms with Crippen LogP contribution in [0.4, 0.5) is 11.4 Å². The Labute approximate surface area is 217 Å². The molecule has 6 N–H and O–H groups in total. The average Bonchev–Trinajstić information content (AvgIpc) is 3.39. The highest BCUT2D eigenvalue weighted by Gasteiger charge is 2.17. The first kappa shape index (κ1) is 27.2. The van der Waals surface area contributed by atoms with Gasteiger partial charge in [-0.1, -0.05) is 17.7 Å². The second kappa shape index (κ2) is 13.6. The van der Waals surface area contributed by atoms with Gasteiger partial charge in [0.15, 0.2) is 0 Å². The SMILES string of the molecule is CNc1cccc(OCCNC(=O)[C@@H](O)CCO)c1C(=N)Nc1ccc(OCc2cscn2)c(Cl)c1. The topological polar surface area (TPSA) is 149 Å². The minimum Gasteiger partial charge on any atom is -0.491 e. The third kappa shape index (κ3) is 7.56. The second-order valence-corrected chi connectivity index (χ2v) is 8.64. The molecule has 0 aliphatic heterocycles. The summed E-state index contributed by atoms with van der Waals surface area (Å²) in [6.07, 6.45) is -1.31. The molecule has 12 heteroatoms. The molecule has 1 aromatic heterocycles. The summed E-state index contributed by atoms with van der Waals surface area (Å²) in [6, 6.07) is 10.5. The number of hydrogen-bond acceptors (Lipinski definition) is 9. The molecule has 2 aromatic carbocycles. The standard InChI is InChI=1S/C24H28ClN5O5S/c1-27-18-3-2-4-21(34-10-8-28-24(33)19(32)7-9-31)22(18)23(26)30-15-5-6-20(17(25)11-15)35-12-16-13-36-14-29-16/h2-6,11,13-14,19,27,31-32H,7-10,12H2,1H3,(H2,26,30)(H,28,33)/t19-/m0/s1. The molecule has 0 fully saturated rings. The van der Waals surface area contributed by atoms with E-state index in [9.17, 15) is 9.90 Å². The first-order valence-corrected chi connectivity index (χ1v) is 12.4. The van der Waals surface area contributed by atoms with Crippen molar-refractivity contribution in [3.05, 3.63) is 63.6 Å². The minimum absolute atomic E-state index is 0.0349. The van der Waals surface area contributed by atoms with Gasteiger partial charge < -0.3 is 35.6 Å². The summed E-state index contributed by atoms with van der Waals surface area (Å²) in [5.41, 5.74) is 4.30. The van der Waals surface area contributed by atoms with Gasteiger partial charge in [-0.15, -0.1) is 11.3 Å². The molecule has 1 amide bonds. The molecule has 10 nitrogen and oxygen atoms in total. The molecule has 36 heavy (non-hydrogen) atoms. The first-order chi connectivity index (χ1) is 17.4. The number of aliphatic hydroxyl groups excluding tert-OH is 2. The highest BCUT2D eigenvalue weighted by molar-refractivity contribution is 7.07. The minimum atomic E-state index is -1.27. The number of ether oxygens (including phenoxy) is 2. The van der Waals surface area contributed by atoms with Crippen LogP contribution < -0.4 is 25.4 Å². The summed E-state index contributed by atoms with van der Waals surface area (Å²) in [4.78, 5) is 15.9. The number of hydrogen-bond donors (Lipinski definition) is 6. The van der Waals surface area contributed by atoms with Crippen LogP contribution in [0.15, 0.2) is 47.3 Å². The van der Waals surface area contributed by atoms with Gasteiger partial charge >= 0.3 is 0 Å². The van der Waals surface area contributed by atoms with Crippen LogP contribution >= 0.6 is 22.9 Å². The Hall–Kier alpha value is -3.38. The van der Waals surface area contributed by atoms with E-state index >= 15 is 0 Å². The van der Waals surface area contributed by atoms with E-state index in [1.807, 2.05) is 11.4 Å². The molecule has 0 aliphatic carbocycles. The normalized spacial score (nSPS) is 11.4. The number of nitrogens with zero attached hydrogens (tertiary/aromatic N) is 1. The maximum absolute atomic E-state index is 11.8. The number of thiazole rings is 1. The quantitative estimate of drug-likeness (QED) is 0.111. The van der Waals surface area contributed by atoms with Crippen LogP contribution in [0, 0.1) is 5.41 Å². The molecular weight excluding hydrogens is 506 g/mol. The van der Waals surface area contributed by atoms with Crippen molar-refractivity contribution in [3.8, 4) is 11.5 Å². The number of halogens is 1. The van der Waals surface area contributed by atoms with Gasteiger partial charge in [0, 0.05) is 36.8 Å². The summed E-state index contributed by atoms with van der Waals surface area (Å²) in [7, 11) is 1.74. The van der Waals surface area contributed by atoms with Crippen LogP contribution in [0.3, 0.4) is 0 Å². The van der Waals surface area contributed by atoms with Crippen molar-refractivity contribution >= 4 is 46.1 Å². The van der Waals surface area contributed by atoms with E-state index in [2.05, 4.69) is 20.9 Å². The van der Waals surface area contributed by atoms with Gasteiger partial charge in [0.2, 0.25) is 5.91 Å². The van der Waals surface area contributed by atoms with E-state index in [1.165, 1.54) is 11.3 Å². The van der Waals surface area contributed by atoms with E-state index in [0.717, 1.165) is 5.69 Å². The van der Waals surface area contributed by atoms with Gasteiger partial charge in [-0.05, 0) is 30.3 Å². The molecule has 192 valence electrons. The Morgan fingerprint density at radius 3 is 2.78 bits per heavy atom. The fourth-order valence-electron chi connectivity index (χ4n) is 3.19. The largest absolute Gasteiger partial charge is 0.491 e. The molecule has 1 heterocycles. The molecule has 0 saturated heterocycles. The van der Waals surface area contributed by atoms with Crippen LogP contribution in [-0.2, 0) is 11.4 Å². The number of aliphatic hydroxyl groups is 2. The molecule has 0 unspecified atom stereocenters. The molecule has 0 saturated carbocycles. The summed E-state index contributed by atoms with van der Waals surface area (Å²) in [6.45, 7) is 0.280. The van der Waals surface area contributed by atoms with E-state index in [0.29, 0.717) is 40.1 Å². The fourth-order valence-corrected chi connectivity index (χ4v) is 3.97. The fraction of sp³-hybridized carbons (Fsp3) is 0.292. The maximum atomic E-state index is 11.8. The molecule has 3 aromatic rings. The van der Waals surface area contributed by atoms with Gasteiger partial charge in [-0.2, -0.15) is 0 Å². The van der Waals surface area contributed by atoms with Crippen molar-refractivity contribution in [2.24, 2.45) is 0 Å². The number of rotatable bonds is 13. The summed E-state index contributed by atoms with van der Waals surface area (Å²) in [5.74, 6) is 0.429. The number of nitrogens with one attached hydrogen (secondary N) is 4. The zero-order chi connectivity index (χ0) is 25.9. The Morgan fingerprint density at radius 1 is 1.25 bits per heavy atom. The Balaban J connectivity index is 1.63. The lowest BCUT2D eigenvalue weighted by Crippen LogP contribution is -2.37. The lowest BCUT2D eigenvalue weighted by atomic mass is 10.1. The number of benzene rings is 2. The van der Waals surface area contributed by atoms with Crippen LogP contribution in [-0.4, -0.2) is 59.8 Å². The number of carbonyl (C=O) groups excluding carboxylic acids is 1. The van der Waals surface area contributed by atoms with Crippen LogP contribution in [0.1, 0.15) is 17.7 Å². The van der Waals surface area contributed by atoms with Crippen molar-refractivity contribution in [1.82, 2.24) is 10.3 Å². The van der Waals surface area contributed by atoms with E-state index in [1.54, 1.807) is 42.9 Å². The van der Waals surface area contributed by atoms with Gasteiger partial charge in [-0.25, -0.2) is 4.98 Å². The van der Waals surface area contributed by atoms with Crippen LogP contribution in [0.2, 0.25) is 5.02 Å². The molecule has 3 rings (SSSR count). The number of amidine groups is 1. The van der Waals surface area contributed by atoms with Crippen molar-refractivity contribution in [1.29, 1.82) is 5.41 Å². The summed E-state index contributed by atoms with van der Waals surface area (Å²) >= 11 is 7.87. The molecule has 0 aliphatic rings. The maximum Gasteiger partial charge on any atom is 0.249 e. The smallest absolute Gasteiger partial charge is 0.249 e. The van der Waals surface area contributed by atoms with E-state index in [-0.39, 0.29) is 32.0 Å². The van der Waals surface area contributed by atoms with Crippen molar-refractivity contribution < 1.29 is 24.5 Å². The first-order valence-electron chi connectivity index (χ1n) is 11.1.